The van der Waals surface area contributed by atoms with Crippen LogP contribution in [0.15, 0.2) is 6.20 Å². The highest BCUT2D eigenvalue weighted by atomic mass is 32.1. The van der Waals surface area contributed by atoms with Gasteiger partial charge in [-0.15, -0.1) is 0 Å². The lowest BCUT2D eigenvalue weighted by Gasteiger charge is -2.20. The number of nitrogen functional groups attached to an aromatic ring is 1. The summed E-state index contributed by atoms with van der Waals surface area (Å²) in [6.45, 7) is -0.721. The molecule has 8 N–H and O–H groups in total. The van der Waals surface area contributed by atoms with E-state index in [1.165, 1.54) is 0 Å². The highest BCUT2D eigenvalue weighted by Crippen LogP contribution is 2.66. The van der Waals surface area contributed by atoms with Gasteiger partial charge in [-0.25, -0.2) is 18.1 Å². The van der Waals surface area contributed by atoms with Crippen LogP contribution in [0.2, 0.25) is 0 Å². The van der Waals surface area contributed by atoms with Gasteiger partial charge in [0.2, 0.25) is 4.77 Å². The van der Waals surface area contributed by atoms with Gasteiger partial charge in [0.1, 0.15) is 17.7 Å². The first kappa shape index (κ1) is 25.0. The van der Waals surface area contributed by atoms with Crippen LogP contribution in [0.1, 0.15) is 6.23 Å². The van der Waals surface area contributed by atoms with E-state index in [1.807, 2.05) is 0 Å². The molecule has 31 heavy (non-hydrogen) atoms. The Morgan fingerprint density at radius 3 is 2.48 bits per heavy atom. The highest BCUT2D eigenvalue weighted by molar-refractivity contribution is 7.71. The lowest BCUT2D eigenvalue weighted by atomic mass is 10.00. The molecule has 2 aliphatic heterocycles. The average molecular weight is 528 g/mol. The molecule has 2 saturated heterocycles. The van der Waals surface area contributed by atoms with E-state index >= 15 is 0 Å². The summed E-state index contributed by atoms with van der Waals surface area (Å²) in [6.07, 6.45) is -2.99. The Balaban J connectivity index is 1.72. The fraction of sp³-hybridized carbons (Fsp3) is 0.600. The smallest absolute Gasteiger partial charge is 0.388 e. The van der Waals surface area contributed by atoms with Crippen LogP contribution in [-0.2, 0) is 31.6 Å². The molecular formula is C10H16FN4O12P3S. The molecule has 0 radical (unpaired) electrons. The Hall–Kier alpha value is -0.680. The molecule has 2 fully saturated rings. The van der Waals surface area contributed by atoms with Crippen LogP contribution in [-0.4, -0.2) is 65.1 Å². The van der Waals surface area contributed by atoms with Gasteiger partial charge in [0, 0.05) is 12.7 Å². The number of ether oxygens (including phenoxy) is 1. The molecular weight excluding hydrogens is 512 g/mol. The minimum atomic E-state index is -5.70. The Kier molecular flexibility index (Phi) is 6.66. The van der Waals surface area contributed by atoms with E-state index < -0.39 is 65.7 Å². The van der Waals surface area contributed by atoms with Crippen molar-refractivity contribution in [3.63, 3.8) is 0 Å². The van der Waals surface area contributed by atoms with E-state index in [-0.39, 0.29) is 11.3 Å². The predicted octanol–water partition coefficient (Wildman–Crippen LogP) is -0.723. The van der Waals surface area contributed by atoms with Gasteiger partial charge < -0.3 is 40.5 Å². The summed E-state index contributed by atoms with van der Waals surface area (Å²) < 4.78 is 65.7. The lowest BCUT2D eigenvalue weighted by molar-refractivity contribution is -0.0457. The zero-order valence-electron chi connectivity index (χ0n) is 14.9. The number of aliphatic hydroxyl groups excluding tert-OH is 1. The maximum absolute atomic E-state index is 13.8. The topological polar surface area (TPSA) is 255 Å². The van der Waals surface area contributed by atoms with Crippen molar-refractivity contribution in [3.05, 3.63) is 16.8 Å². The zero-order valence-corrected chi connectivity index (χ0v) is 18.4. The molecule has 21 heteroatoms. The quantitative estimate of drug-likeness (QED) is 0.125. The Morgan fingerprint density at radius 2 is 1.94 bits per heavy atom. The number of nitrogens with zero attached hydrogens (tertiary/aromatic N) is 2. The molecule has 1 aromatic heterocycles. The van der Waals surface area contributed by atoms with E-state index in [0.717, 1.165) is 10.8 Å². The molecule has 176 valence electrons. The van der Waals surface area contributed by atoms with E-state index in [0.29, 0.717) is 0 Å². The first-order valence-electron chi connectivity index (χ1n) is 7.96. The molecule has 0 bridgehead atoms. The second-order valence-corrected chi connectivity index (χ2v) is 11.2. The maximum Gasteiger partial charge on any atom is 0.490 e. The molecule has 0 aromatic carbocycles. The van der Waals surface area contributed by atoms with Crippen molar-refractivity contribution in [1.82, 2.24) is 14.9 Å². The first-order chi connectivity index (χ1) is 14.1. The van der Waals surface area contributed by atoms with Gasteiger partial charge in [-0.3, -0.25) is 9.09 Å². The monoisotopic (exact) mass is 528 g/mol. The maximum atomic E-state index is 13.8. The number of hydrogen-bond acceptors (Lipinski definition) is 12. The van der Waals surface area contributed by atoms with Crippen LogP contribution >= 0.6 is 35.7 Å². The van der Waals surface area contributed by atoms with Crippen molar-refractivity contribution in [2.24, 2.45) is 0 Å². The predicted molar refractivity (Wildman–Crippen MR) is 97.9 cm³/mol. The lowest BCUT2D eigenvalue weighted by Crippen LogP contribution is -2.39. The minimum Gasteiger partial charge on any atom is -0.388 e. The fourth-order valence-corrected chi connectivity index (χ4v) is 6.14. The van der Waals surface area contributed by atoms with Crippen molar-refractivity contribution >= 4 is 41.5 Å². The summed E-state index contributed by atoms with van der Waals surface area (Å²) in [5.41, 5.74) is 4.17. The van der Waals surface area contributed by atoms with Crippen molar-refractivity contribution in [3.8, 4) is 0 Å². The molecule has 0 saturated carbocycles. The highest BCUT2D eigenvalue weighted by Gasteiger charge is 2.64. The fourth-order valence-electron chi connectivity index (χ4n) is 2.87. The summed E-state index contributed by atoms with van der Waals surface area (Å²) in [4.78, 5) is 39.3. The van der Waals surface area contributed by atoms with Gasteiger partial charge in [-0.2, -0.15) is 13.6 Å². The number of rotatable bonds is 8. The molecule has 1 spiro atoms. The van der Waals surface area contributed by atoms with Crippen LogP contribution < -0.4 is 11.1 Å². The zero-order chi connectivity index (χ0) is 23.4. The van der Waals surface area contributed by atoms with Gasteiger partial charge >= 0.3 is 23.5 Å². The SMILES string of the molecule is Nc1nc(=S)n(C2O[C@H](COP(=O)(O)OP(=O)(O)OP(=O)(O)O)C(O)[C@@]23CN3)cc1F. The van der Waals surface area contributed by atoms with Gasteiger partial charge in [0.25, 0.3) is 0 Å². The van der Waals surface area contributed by atoms with E-state index in [4.69, 9.17) is 37.4 Å². The number of halogens is 1. The number of nitrogens with two attached hydrogens (primary N) is 1. The Bertz CT molecular complexity index is 1080. The third-order valence-electron chi connectivity index (χ3n) is 4.21. The standard InChI is InChI=1S/C10H16FN4O12P3S/c11-4-1-15(9(31)14-7(4)12)8-10(3-13-10)6(16)5(25-8)2-24-29(20,21)27-30(22,23)26-28(17,18)19/h1,5-6,8,13,16H,2-3H2,(H,20,21)(H,22,23)(H2,12,14,31)(H2,17,18,19)/t5-,6?,8?,10+/m1/s1. The van der Waals surface area contributed by atoms with Gasteiger partial charge in [0.05, 0.1) is 6.61 Å². The number of hydrogen-bond donors (Lipinski definition) is 7. The van der Waals surface area contributed by atoms with Crippen LogP contribution in [0.4, 0.5) is 10.2 Å². The van der Waals surface area contributed by atoms with Crippen LogP contribution in [0.25, 0.3) is 0 Å². The average Bonchev–Trinajstić information content (AvgIpc) is 3.31. The summed E-state index contributed by atoms with van der Waals surface area (Å²) in [5, 5.41) is 13.3. The number of nitrogens with one attached hydrogen (secondary N) is 1. The van der Waals surface area contributed by atoms with Crippen molar-refractivity contribution in [2.45, 2.75) is 24.0 Å². The van der Waals surface area contributed by atoms with E-state index in [1.54, 1.807) is 0 Å². The minimum absolute atomic E-state index is 0.179. The van der Waals surface area contributed by atoms with Gasteiger partial charge in [-0.05, 0) is 12.2 Å². The van der Waals surface area contributed by atoms with Crippen LogP contribution in [0.5, 0.6) is 0 Å². The number of aromatic nitrogens is 2. The van der Waals surface area contributed by atoms with E-state index in [2.05, 4.69) is 23.4 Å². The molecule has 1 aromatic rings. The largest absolute Gasteiger partial charge is 0.490 e. The molecule has 0 amide bonds. The van der Waals surface area contributed by atoms with Crippen LogP contribution in [0, 0.1) is 10.6 Å². The Morgan fingerprint density at radius 1 is 1.32 bits per heavy atom. The molecule has 6 atom stereocenters. The molecule has 4 unspecified atom stereocenters. The Labute approximate surface area is 177 Å². The third-order valence-corrected chi connectivity index (χ3v) is 8.32. The molecule has 3 heterocycles. The number of aliphatic hydroxyl groups is 1. The van der Waals surface area contributed by atoms with Gasteiger partial charge in [0.15, 0.2) is 17.9 Å². The summed E-state index contributed by atoms with van der Waals surface area (Å²) >= 11 is 5.01. The molecule has 0 aliphatic carbocycles. The third kappa shape index (κ3) is 5.63. The second-order valence-electron chi connectivity index (χ2n) is 6.42. The van der Waals surface area contributed by atoms with Crippen LogP contribution in [0.3, 0.4) is 0 Å². The molecule has 16 nitrogen and oxygen atoms in total. The van der Waals surface area contributed by atoms with E-state index in [9.17, 15) is 28.1 Å². The molecule has 2 aliphatic rings. The van der Waals surface area contributed by atoms with Crippen molar-refractivity contribution in [1.29, 1.82) is 0 Å². The van der Waals surface area contributed by atoms with Crippen molar-refractivity contribution in [2.75, 3.05) is 18.9 Å². The summed E-state index contributed by atoms with van der Waals surface area (Å²) in [7, 11) is -16.7. The molecule has 3 rings (SSSR count). The number of phosphoric acid groups is 3. The summed E-state index contributed by atoms with van der Waals surface area (Å²) in [6, 6.07) is 0. The summed E-state index contributed by atoms with van der Waals surface area (Å²) in [5.74, 6) is -1.37. The first-order valence-corrected chi connectivity index (χ1v) is 12.9. The number of phosphoric ester groups is 1. The second kappa shape index (κ2) is 8.27. The van der Waals surface area contributed by atoms with Gasteiger partial charge in [-0.1, -0.05) is 0 Å². The number of anilines is 1. The normalized spacial score (nSPS) is 32.0. The van der Waals surface area contributed by atoms with Crippen molar-refractivity contribution < 1.29 is 60.6 Å².